The van der Waals surface area contributed by atoms with Crippen molar-refractivity contribution in [2.24, 2.45) is 0 Å². The highest BCUT2D eigenvalue weighted by Crippen LogP contribution is 2.19. The molecule has 0 aliphatic rings. The zero-order valence-corrected chi connectivity index (χ0v) is 24.0. The quantitative estimate of drug-likeness (QED) is 0.0748. The van der Waals surface area contributed by atoms with E-state index in [1.54, 1.807) is 13.8 Å². The molecular formula is C30H61NO5. The largest absolute Gasteiger partial charge is 0.393 e. The van der Waals surface area contributed by atoms with E-state index in [9.17, 15) is 25.2 Å². The second-order valence-corrected chi connectivity index (χ2v) is 11.0. The third-order valence-corrected chi connectivity index (χ3v) is 7.09. The average molecular weight is 516 g/mol. The molecule has 4 N–H and O–H groups in total. The smallest absolute Gasteiger partial charge is 0.226 e. The number of unbranched alkanes of at least 4 members (excludes halogenated alkanes) is 14. The van der Waals surface area contributed by atoms with Gasteiger partial charge < -0.3 is 20.4 Å². The molecule has 0 saturated carbocycles. The molecule has 0 rings (SSSR count). The Morgan fingerprint density at radius 1 is 0.528 bits per heavy atom. The van der Waals surface area contributed by atoms with Crippen molar-refractivity contribution >= 4 is 5.91 Å². The minimum atomic E-state index is -1.05. The summed E-state index contributed by atoms with van der Waals surface area (Å²) in [7, 11) is 0. The molecule has 0 spiro atoms. The zero-order chi connectivity index (χ0) is 27.0. The summed E-state index contributed by atoms with van der Waals surface area (Å²) in [6.07, 6.45) is 19.3. The first-order valence-corrected chi connectivity index (χ1v) is 15.3. The van der Waals surface area contributed by atoms with Crippen LogP contribution >= 0.6 is 0 Å². The van der Waals surface area contributed by atoms with Crippen LogP contribution in [-0.2, 0) is 4.79 Å². The van der Waals surface area contributed by atoms with Gasteiger partial charge in [0.15, 0.2) is 0 Å². The van der Waals surface area contributed by atoms with E-state index < -0.39 is 24.7 Å². The van der Waals surface area contributed by atoms with Gasteiger partial charge in [-0.25, -0.2) is 0 Å². The van der Waals surface area contributed by atoms with Gasteiger partial charge in [0.2, 0.25) is 5.91 Å². The lowest BCUT2D eigenvalue weighted by atomic mass is 10.0. The van der Waals surface area contributed by atoms with Crippen molar-refractivity contribution in [2.75, 3.05) is 0 Å². The van der Waals surface area contributed by atoms with Crippen molar-refractivity contribution in [1.82, 2.24) is 4.90 Å². The maximum Gasteiger partial charge on any atom is 0.226 e. The molecule has 0 aliphatic carbocycles. The molecule has 216 valence electrons. The summed E-state index contributed by atoms with van der Waals surface area (Å²) in [5.41, 5.74) is 0. The van der Waals surface area contributed by atoms with Crippen molar-refractivity contribution in [1.29, 1.82) is 0 Å². The third-order valence-electron chi connectivity index (χ3n) is 7.09. The normalized spacial score (nSPS) is 15.0. The number of aliphatic hydroxyl groups is 4. The minimum absolute atomic E-state index is 0.209. The number of carbonyl (C=O) groups is 1. The highest BCUT2D eigenvalue weighted by molar-refractivity contribution is 5.76. The molecule has 4 unspecified atom stereocenters. The van der Waals surface area contributed by atoms with Gasteiger partial charge in [0.1, 0.15) is 12.5 Å². The maximum absolute atomic E-state index is 12.9. The van der Waals surface area contributed by atoms with Crippen LogP contribution in [0.15, 0.2) is 0 Å². The predicted molar refractivity (Wildman–Crippen MR) is 149 cm³/mol. The van der Waals surface area contributed by atoms with Gasteiger partial charge in [0, 0.05) is 6.42 Å². The van der Waals surface area contributed by atoms with Crippen LogP contribution in [0.2, 0.25) is 0 Å². The van der Waals surface area contributed by atoms with Gasteiger partial charge in [-0.3, -0.25) is 9.69 Å². The lowest BCUT2D eigenvalue weighted by Gasteiger charge is -2.33. The monoisotopic (exact) mass is 515 g/mol. The van der Waals surface area contributed by atoms with E-state index in [2.05, 4.69) is 6.92 Å². The zero-order valence-electron chi connectivity index (χ0n) is 24.0. The fourth-order valence-corrected chi connectivity index (χ4v) is 4.78. The predicted octanol–water partition coefficient (Wildman–Crippen LogP) is 6.82. The van der Waals surface area contributed by atoms with Gasteiger partial charge in [-0.05, 0) is 58.8 Å². The van der Waals surface area contributed by atoms with E-state index in [-0.39, 0.29) is 5.91 Å². The number of rotatable bonds is 26. The molecule has 0 aromatic rings. The van der Waals surface area contributed by atoms with Crippen molar-refractivity contribution < 1.29 is 25.2 Å². The highest BCUT2D eigenvalue weighted by atomic mass is 16.3. The molecule has 4 atom stereocenters. The number of nitrogens with zero attached hydrogens (tertiary/aromatic N) is 1. The van der Waals surface area contributed by atoms with Crippen LogP contribution in [0.25, 0.3) is 0 Å². The summed E-state index contributed by atoms with van der Waals surface area (Å²) in [6.45, 7) is 5.67. The Bertz CT molecular complexity index is 466. The van der Waals surface area contributed by atoms with E-state index in [0.29, 0.717) is 44.9 Å². The molecule has 0 radical (unpaired) electrons. The average Bonchev–Trinajstić information content (AvgIpc) is 2.81. The van der Waals surface area contributed by atoms with Gasteiger partial charge >= 0.3 is 0 Å². The number of hydrogen-bond acceptors (Lipinski definition) is 5. The Hall–Kier alpha value is -0.690. The highest BCUT2D eigenvalue weighted by Gasteiger charge is 2.27. The van der Waals surface area contributed by atoms with Crippen LogP contribution in [0.1, 0.15) is 162 Å². The number of aliphatic hydroxyl groups excluding tert-OH is 4. The fraction of sp³-hybridized carbons (Fsp3) is 0.967. The topological polar surface area (TPSA) is 101 Å². The molecule has 0 fully saturated rings. The molecule has 0 bridgehead atoms. The standard InChI is InChI=1S/C30H61NO5/c1-4-5-6-7-8-9-10-11-12-13-14-15-16-17-18-23-28(34)31(29(35)24-19-21-26(2)32)30(36)25-20-22-27(3)33/h26-27,29-30,32-33,35-36H,4-25H2,1-3H3. The van der Waals surface area contributed by atoms with E-state index in [1.807, 2.05) is 0 Å². The third kappa shape index (κ3) is 21.4. The molecule has 0 aromatic carbocycles. The number of amides is 1. The number of carbonyl (C=O) groups excluding carboxylic acids is 1. The van der Waals surface area contributed by atoms with Crippen LogP contribution in [0, 0.1) is 0 Å². The first-order chi connectivity index (χ1) is 17.3. The summed E-state index contributed by atoms with van der Waals surface area (Å²) in [4.78, 5) is 14.1. The van der Waals surface area contributed by atoms with Crippen molar-refractivity contribution in [2.45, 2.75) is 187 Å². The van der Waals surface area contributed by atoms with Gasteiger partial charge in [0.05, 0.1) is 12.2 Å². The first-order valence-electron chi connectivity index (χ1n) is 15.3. The molecule has 0 aromatic heterocycles. The molecule has 6 nitrogen and oxygen atoms in total. The van der Waals surface area contributed by atoms with Crippen LogP contribution in [-0.4, -0.2) is 55.9 Å². The summed E-state index contributed by atoms with van der Waals surface area (Å²) in [5.74, 6) is -0.209. The lowest BCUT2D eigenvalue weighted by molar-refractivity contribution is -0.162. The summed E-state index contributed by atoms with van der Waals surface area (Å²) in [6, 6.07) is 0. The Kier molecular flexibility index (Phi) is 24.2. The minimum Gasteiger partial charge on any atom is -0.393 e. The SMILES string of the molecule is CCCCCCCCCCCCCCCCCC(=O)N(C(O)CCCC(C)O)C(O)CCCC(C)O. The molecule has 36 heavy (non-hydrogen) atoms. The first kappa shape index (κ1) is 35.3. The Morgan fingerprint density at radius 3 is 1.19 bits per heavy atom. The molecule has 0 heterocycles. The van der Waals surface area contributed by atoms with Gasteiger partial charge in [-0.15, -0.1) is 0 Å². The van der Waals surface area contributed by atoms with E-state index in [1.165, 1.54) is 81.9 Å². The number of hydrogen-bond donors (Lipinski definition) is 4. The van der Waals surface area contributed by atoms with Crippen LogP contribution < -0.4 is 0 Å². The second kappa shape index (κ2) is 24.6. The Balaban J connectivity index is 4.08. The fourth-order valence-electron chi connectivity index (χ4n) is 4.78. The second-order valence-electron chi connectivity index (χ2n) is 11.0. The van der Waals surface area contributed by atoms with E-state index in [4.69, 9.17) is 0 Å². The molecular weight excluding hydrogens is 454 g/mol. The van der Waals surface area contributed by atoms with Gasteiger partial charge in [-0.1, -0.05) is 96.8 Å². The Labute approximate surface area is 222 Å². The van der Waals surface area contributed by atoms with Gasteiger partial charge in [0.25, 0.3) is 0 Å². The van der Waals surface area contributed by atoms with E-state index >= 15 is 0 Å². The van der Waals surface area contributed by atoms with E-state index in [0.717, 1.165) is 19.3 Å². The van der Waals surface area contributed by atoms with Crippen molar-refractivity contribution in [3.8, 4) is 0 Å². The van der Waals surface area contributed by atoms with Crippen LogP contribution in [0.4, 0.5) is 0 Å². The maximum atomic E-state index is 12.9. The van der Waals surface area contributed by atoms with Crippen LogP contribution in [0.3, 0.4) is 0 Å². The summed E-state index contributed by atoms with van der Waals surface area (Å²) < 4.78 is 0. The summed E-state index contributed by atoms with van der Waals surface area (Å²) >= 11 is 0. The van der Waals surface area contributed by atoms with Crippen LogP contribution in [0.5, 0.6) is 0 Å². The Morgan fingerprint density at radius 2 is 0.861 bits per heavy atom. The molecule has 6 heteroatoms. The molecule has 1 amide bonds. The summed E-state index contributed by atoms with van der Waals surface area (Å²) in [5, 5.41) is 40.1. The lowest BCUT2D eigenvalue weighted by Crippen LogP contribution is -2.47. The molecule has 0 saturated heterocycles. The van der Waals surface area contributed by atoms with Gasteiger partial charge in [-0.2, -0.15) is 0 Å². The molecule has 0 aliphatic heterocycles. The van der Waals surface area contributed by atoms with Crippen molar-refractivity contribution in [3.63, 3.8) is 0 Å². The van der Waals surface area contributed by atoms with Crippen molar-refractivity contribution in [3.05, 3.63) is 0 Å².